The van der Waals surface area contributed by atoms with Gasteiger partial charge in [0.1, 0.15) is 0 Å². The Labute approximate surface area is 122 Å². The Kier molecular flexibility index (Phi) is 11.5. The molecule has 0 aromatic rings. The van der Waals surface area contributed by atoms with Crippen molar-refractivity contribution in [2.75, 3.05) is 39.4 Å². The van der Waals surface area contributed by atoms with Gasteiger partial charge < -0.3 is 20.1 Å². The topological polar surface area (TPSA) is 49.1 Å². The lowest BCUT2D eigenvalue weighted by molar-refractivity contribution is 0.393. The molecule has 2 unspecified atom stereocenters. The fourth-order valence-corrected chi connectivity index (χ4v) is 1.75. The first-order valence-corrected chi connectivity index (χ1v) is 6.60. The Hall–Kier alpha value is 0.420. The molecule has 2 rings (SSSR count). The van der Waals surface area contributed by atoms with Crippen molar-refractivity contribution in [1.82, 2.24) is 10.6 Å². The van der Waals surface area contributed by atoms with Crippen LogP contribution in [0.1, 0.15) is 25.7 Å². The molecule has 0 saturated carbocycles. The summed E-state index contributed by atoms with van der Waals surface area (Å²) < 4.78 is 10.2. The van der Waals surface area contributed by atoms with Crippen molar-refractivity contribution in [3.05, 3.63) is 0 Å². The van der Waals surface area contributed by atoms with E-state index in [0.29, 0.717) is 12.2 Å². The molecular weight excluding hydrogens is 275 g/mol. The number of halogens is 2. The molecule has 4 nitrogen and oxygen atoms in total. The van der Waals surface area contributed by atoms with Gasteiger partial charge in [-0.15, -0.1) is 24.8 Å². The largest absolute Gasteiger partial charge is 0.372 e. The van der Waals surface area contributed by atoms with Crippen LogP contribution in [-0.4, -0.2) is 51.6 Å². The van der Waals surface area contributed by atoms with Gasteiger partial charge in [0.15, 0.2) is 0 Å². The third kappa shape index (κ3) is 10.4. The minimum atomic E-state index is 0. The van der Waals surface area contributed by atoms with Crippen molar-refractivity contribution in [3.8, 4) is 0 Å². The van der Waals surface area contributed by atoms with Gasteiger partial charge in [0.2, 0.25) is 0 Å². The first kappa shape index (κ1) is 18.4. The summed E-state index contributed by atoms with van der Waals surface area (Å²) in [7, 11) is 0. The number of rotatable bonds is 11. The monoisotopic (exact) mass is 300 g/mol. The van der Waals surface area contributed by atoms with Crippen LogP contribution in [0.25, 0.3) is 0 Å². The van der Waals surface area contributed by atoms with Crippen molar-refractivity contribution in [2.45, 2.75) is 37.9 Å². The maximum atomic E-state index is 5.12. The van der Waals surface area contributed by atoms with Gasteiger partial charge in [-0.05, 0) is 25.9 Å². The Morgan fingerprint density at radius 1 is 0.722 bits per heavy atom. The molecule has 2 heterocycles. The van der Waals surface area contributed by atoms with E-state index in [-0.39, 0.29) is 24.8 Å². The van der Waals surface area contributed by atoms with E-state index < -0.39 is 0 Å². The normalized spacial score (nSPS) is 24.0. The summed E-state index contributed by atoms with van der Waals surface area (Å²) in [6.45, 7) is 6.30. The molecular formula is C12H26Cl2N2O2. The number of epoxide rings is 2. The van der Waals surface area contributed by atoms with Crippen molar-refractivity contribution in [1.29, 1.82) is 0 Å². The molecule has 0 bridgehead atoms. The van der Waals surface area contributed by atoms with Crippen LogP contribution in [0.4, 0.5) is 0 Å². The smallest absolute Gasteiger partial charge is 0.0933 e. The maximum absolute atomic E-state index is 5.12. The van der Waals surface area contributed by atoms with E-state index in [0.717, 1.165) is 39.4 Å². The molecule has 2 aliphatic heterocycles. The molecule has 2 aliphatic rings. The molecule has 0 aliphatic carbocycles. The van der Waals surface area contributed by atoms with Gasteiger partial charge in [0, 0.05) is 13.1 Å². The first-order chi connectivity index (χ1) is 7.95. The molecule has 0 aromatic heterocycles. The highest BCUT2D eigenvalue weighted by molar-refractivity contribution is 5.85. The van der Waals surface area contributed by atoms with Crippen molar-refractivity contribution < 1.29 is 9.47 Å². The quantitative estimate of drug-likeness (QED) is 0.447. The lowest BCUT2D eigenvalue weighted by Gasteiger charge is -2.04. The highest BCUT2D eigenvalue weighted by Gasteiger charge is 2.21. The van der Waals surface area contributed by atoms with Crippen LogP contribution >= 0.6 is 24.8 Å². The summed E-state index contributed by atoms with van der Waals surface area (Å²) in [5.74, 6) is 0. The third-order valence-corrected chi connectivity index (χ3v) is 3.01. The van der Waals surface area contributed by atoms with Gasteiger partial charge >= 0.3 is 0 Å². The summed E-state index contributed by atoms with van der Waals surface area (Å²) >= 11 is 0. The van der Waals surface area contributed by atoms with Gasteiger partial charge in [-0.2, -0.15) is 0 Å². The van der Waals surface area contributed by atoms with E-state index in [9.17, 15) is 0 Å². The summed E-state index contributed by atoms with van der Waals surface area (Å²) in [4.78, 5) is 0. The standard InChI is InChI=1S/C12H24N2O2.2ClH/c1(3-5-13-7-11-9-15-11)2-4-6-14-8-12-10-16-12;;/h11-14H,1-10H2;2*1H. The highest BCUT2D eigenvalue weighted by Crippen LogP contribution is 2.07. The third-order valence-electron chi connectivity index (χ3n) is 3.01. The van der Waals surface area contributed by atoms with Crippen LogP contribution < -0.4 is 10.6 Å². The molecule has 0 aromatic carbocycles. The lowest BCUT2D eigenvalue weighted by Crippen LogP contribution is -2.21. The SMILES string of the molecule is C(CCCNCC1CO1)CCNCC1CO1.Cl.Cl. The van der Waals surface area contributed by atoms with Crippen molar-refractivity contribution in [2.24, 2.45) is 0 Å². The van der Waals surface area contributed by atoms with E-state index in [2.05, 4.69) is 10.6 Å². The van der Waals surface area contributed by atoms with Crippen LogP contribution in [0, 0.1) is 0 Å². The van der Waals surface area contributed by atoms with Crippen molar-refractivity contribution >= 4 is 24.8 Å². The molecule has 0 amide bonds. The number of unbranched alkanes of at least 4 members (excludes halogenated alkanes) is 3. The Bertz CT molecular complexity index is 171. The summed E-state index contributed by atoms with van der Waals surface area (Å²) in [6.07, 6.45) is 6.29. The second-order valence-electron chi connectivity index (χ2n) is 4.73. The minimum absolute atomic E-state index is 0. The lowest BCUT2D eigenvalue weighted by atomic mass is 10.2. The predicted molar refractivity (Wildman–Crippen MR) is 78.2 cm³/mol. The number of ether oxygens (including phenoxy) is 2. The van der Waals surface area contributed by atoms with Gasteiger partial charge in [-0.3, -0.25) is 0 Å². The van der Waals surface area contributed by atoms with Crippen LogP contribution in [0.5, 0.6) is 0 Å². The number of nitrogens with one attached hydrogen (secondary N) is 2. The average molecular weight is 301 g/mol. The zero-order valence-electron chi connectivity index (χ0n) is 10.9. The molecule has 18 heavy (non-hydrogen) atoms. The van der Waals surface area contributed by atoms with Gasteiger partial charge in [-0.25, -0.2) is 0 Å². The van der Waals surface area contributed by atoms with Gasteiger partial charge in [0.25, 0.3) is 0 Å². The van der Waals surface area contributed by atoms with Crippen LogP contribution in [0.3, 0.4) is 0 Å². The molecule has 0 spiro atoms. The number of hydrogen-bond acceptors (Lipinski definition) is 4. The van der Waals surface area contributed by atoms with Gasteiger partial charge in [0.05, 0.1) is 25.4 Å². The molecule has 2 atom stereocenters. The van der Waals surface area contributed by atoms with E-state index in [1.807, 2.05) is 0 Å². The second-order valence-corrected chi connectivity index (χ2v) is 4.73. The van der Waals surface area contributed by atoms with Crippen LogP contribution in [-0.2, 0) is 9.47 Å². The Balaban J connectivity index is 0.00000144. The molecule has 2 N–H and O–H groups in total. The predicted octanol–water partition coefficient (Wildman–Crippen LogP) is 1.37. The van der Waals surface area contributed by atoms with Gasteiger partial charge in [-0.1, -0.05) is 12.8 Å². The summed E-state index contributed by atoms with van der Waals surface area (Å²) in [5, 5.41) is 6.83. The van der Waals surface area contributed by atoms with E-state index >= 15 is 0 Å². The Morgan fingerprint density at radius 2 is 1.11 bits per heavy atom. The van der Waals surface area contributed by atoms with E-state index in [1.54, 1.807) is 0 Å². The van der Waals surface area contributed by atoms with E-state index in [1.165, 1.54) is 25.7 Å². The fraction of sp³-hybridized carbons (Fsp3) is 1.00. The molecule has 2 fully saturated rings. The minimum Gasteiger partial charge on any atom is -0.372 e. The van der Waals surface area contributed by atoms with E-state index in [4.69, 9.17) is 9.47 Å². The van der Waals surface area contributed by atoms with Crippen LogP contribution in [0.2, 0.25) is 0 Å². The maximum Gasteiger partial charge on any atom is 0.0933 e. The zero-order valence-corrected chi connectivity index (χ0v) is 12.5. The second kappa shape index (κ2) is 11.3. The van der Waals surface area contributed by atoms with Crippen molar-refractivity contribution in [3.63, 3.8) is 0 Å². The van der Waals surface area contributed by atoms with Crippen LogP contribution in [0.15, 0.2) is 0 Å². The molecule has 110 valence electrons. The average Bonchev–Trinajstić information content (AvgIpc) is 3.14. The molecule has 2 saturated heterocycles. The summed E-state index contributed by atoms with van der Waals surface area (Å²) in [5.41, 5.74) is 0. The Morgan fingerprint density at radius 3 is 1.44 bits per heavy atom. The highest BCUT2D eigenvalue weighted by atomic mass is 35.5. The first-order valence-electron chi connectivity index (χ1n) is 6.60. The zero-order chi connectivity index (χ0) is 11.1. The molecule has 6 heteroatoms. The fourth-order valence-electron chi connectivity index (χ4n) is 1.75. The summed E-state index contributed by atoms with van der Waals surface area (Å²) in [6, 6.07) is 0. The number of hydrogen-bond donors (Lipinski definition) is 2. The molecule has 0 radical (unpaired) electrons.